The molecule has 0 atom stereocenters. The molecule has 0 aliphatic rings. The van der Waals surface area contributed by atoms with Gasteiger partial charge >= 0.3 is 11.9 Å². The van der Waals surface area contributed by atoms with E-state index in [4.69, 9.17) is 5.73 Å². The molecule has 0 radical (unpaired) electrons. The Balaban J connectivity index is 2.27. The third kappa shape index (κ3) is 2.74. The SMILES string of the molecule is Nc1[nH]c(=O)c(C(=O)O)c(-c2ccc(-c3cnc[nH]3)cc2)c1C(=O)O. The zero-order valence-corrected chi connectivity index (χ0v) is 12.6. The maximum atomic E-state index is 12.0. The van der Waals surface area contributed by atoms with Gasteiger partial charge in [-0.3, -0.25) is 4.79 Å². The fraction of sp³-hybridized carbons (Fsp3) is 0. The van der Waals surface area contributed by atoms with Crippen molar-refractivity contribution in [1.82, 2.24) is 15.0 Å². The number of rotatable bonds is 4. The topological polar surface area (TPSA) is 162 Å². The zero-order valence-electron chi connectivity index (χ0n) is 12.6. The largest absolute Gasteiger partial charge is 0.478 e. The molecule has 0 bridgehead atoms. The molecule has 9 heteroatoms. The number of benzene rings is 1. The number of imidazole rings is 1. The summed E-state index contributed by atoms with van der Waals surface area (Å²) in [6.45, 7) is 0. The fourth-order valence-electron chi connectivity index (χ4n) is 2.57. The van der Waals surface area contributed by atoms with E-state index in [-0.39, 0.29) is 11.1 Å². The van der Waals surface area contributed by atoms with E-state index in [9.17, 15) is 24.6 Å². The van der Waals surface area contributed by atoms with Gasteiger partial charge in [0.1, 0.15) is 16.9 Å². The second-order valence-corrected chi connectivity index (χ2v) is 5.15. The van der Waals surface area contributed by atoms with Gasteiger partial charge in [0.15, 0.2) is 0 Å². The summed E-state index contributed by atoms with van der Waals surface area (Å²) in [6.07, 6.45) is 3.11. The van der Waals surface area contributed by atoms with E-state index in [1.54, 1.807) is 18.3 Å². The van der Waals surface area contributed by atoms with Crippen molar-refractivity contribution in [3.05, 3.63) is 58.3 Å². The third-order valence-electron chi connectivity index (χ3n) is 3.66. The van der Waals surface area contributed by atoms with E-state index in [0.29, 0.717) is 0 Å². The van der Waals surface area contributed by atoms with Crippen molar-refractivity contribution in [3.63, 3.8) is 0 Å². The number of hydrogen-bond donors (Lipinski definition) is 5. The van der Waals surface area contributed by atoms with Crippen LogP contribution in [0.2, 0.25) is 0 Å². The van der Waals surface area contributed by atoms with E-state index < -0.39 is 34.4 Å². The maximum absolute atomic E-state index is 12.0. The molecule has 3 rings (SSSR count). The highest BCUT2D eigenvalue weighted by Crippen LogP contribution is 2.30. The number of nitrogens with zero attached hydrogens (tertiary/aromatic N) is 1. The summed E-state index contributed by atoms with van der Waals surface area (Å²) in [5, 5.41) is 18.7. The number of aromatic amines is 2. The van der Waals surface area contributed by atoms with Crippen LogP contribution in [0.25, 0.3) is 22.4 Å². The van der Waals surface area contributed by atoms with Gasteiger partial charge < -0.3 is 25.9 Å². The first-order chi connectivity index (χ1) is 11.9. The molecule has 0 aliphatic carbocycles. The third-order valence-corrected chi connectivity index (χ3v) is 3.66. The van der Waals surface area contributed by atoms with Gasteiger partial charge in [-0.05, 0) is 11.1 Å². The Morgan fingerprint density at radius 3 is 2.12 bits per heavy atom. The highest BCUT2D eigenvalue weighted by Gasteiger charge is 2.26. The summed E-state index contributed by atoms with van der Waals surface area (Å²) >= 11 is 0. The van der Waals surface area contributed by atoms with E-state index in [1.807, 2.05) is 0 Å². The second kappa shape index (κ2) is 5.96. The lowest BCUT2D eigenvalue weighted by Gasteiger charge is -2.12. The fourth-order valence-corrected chi connectivity index (χ4v) is 2.57. The first-order valence-corrected chi connectivity index (χ1v) is 7.01. The summed E-state index contributed by atoms with van der Waals surface area (Å²) < 4.78 is 0. The predicted molar refractivity (Wildman–Crippen MR) is 88.4 cm³/mol. The van der Waals surface area contributed by atoms with Crippen molar-refractivity contribution in [1.29, 1.82) is 0 Å². The van der Waals surface area contributed by atoms with E-state index >= 15 is 0 Å². The van der Waals surface area contributed by atoms with Crippen LogP contribution in [0.4, 0.5) is 5.82 Å². The van der Waals surface area contributed by atoms with Crippen molar-refractivity contribution in [3.8, 4) is 22.4 Å². The van der Waals surface area contributed by atoms with Gasteiger partial charge in [0.2, 0.25) is 0 Å². The summed E-state index contributed by atoms with van der Waals surface area (Å²) in [4.78, 5) is 43.9. The number of anilines is 1. The van der Waals surface area contributed by atoms with Crippen molar-refractivity contribution < 1.29 is 19.8 Å². The molecule has 0 saturated carbocycles. The highest BCUT2D eigenvalue weighted by atomic mass is 16.4. The predicted octanol–water partition coefficient (Wildman–Crippen LogP) is 1.41. The Kier molecular flexibility index (Phi) is 3.82. The number of pyridine rings is 1. The molecule has 2 aromatic heterocycles. The molecule has 0 fully saturated rings. The Labute approximate surface area is 139 Å². The van der Waals surface area contributed by atoms with Crippen LogP contribution >= 0.6 is 0 Å². The van der Waals surface area contributed by atoms with Crippen LogP contribution in [-0.4, -0.2) is 37.1 Å². The highest BCUT2D eigenvalue weighted by molar-refractivity contribution is 6.07. The normalized spacial score (nSPS) is 10.6. The molecule has 25 heavy (non-hydrogen) atoms. The Morgan fingerprint density at radius 1 is 1.00 bits per heavy atom. The molecule has 6 N–H and O–H groups in total. The number of nitrogens with one attached hydrogen (secondary N) is 2. The number of nitrogen functional groups attached to an aromatic ring is 1. The molecular weight excluding hydrogens is 328 g/mol. The van der Waals surface area contributed by atoms with Crippen molar-refractivity contribution >= 4 is 17.8 Å². The molecular formula is C16H12N4O5. The van der Waals surface area contributed by atoms with Crippen LogP contribution in [0.15, 0.2) is 41.6 Å². The van der Waals surface area contributed by atoms with Gasteiger partial charge in [-0.2, -0.15) is 0 Å². The Morgan fingerprint density at radius 2 is 1.60 bits per heavy atom. The first-order valence-electron chi connectivity index (χ1n) is 7.01. The number of hydrogen-bond acceptors (Lipinski definition) is 5. The molecule has 3 aromatic rings. The molecule has 0 spiro atoms. The summed E-state index contributed by atoms with van der Waals surface area (Å²) in [5.41, 5.74) is 4.97. The summed E-state index contributed by atoms with van der Waals surface area (Å²) in [5.74, 6) is -3.39. The number of nitrogens with two attached hydrogens (primary N) is 1. The monoisotopic (exact) mass is 340 g/mol. The molecule has 126 valence electrons. The maximum Gasteiger partial charge on any atom is 0.342 e. The van der Waals surface area contributed by atoms with Gasteiger partial charge in [-0.25, -0.2) is 14.6 Å². The van der Waals surface area contributed by atoms with Crippen molar-refractivity contribution in [2.45, 2.75) is 0 Å². The minimum atomic E-state index is -1.55. The lowest BCUT2D eigenvalue weighted by molar-refractivity contribution is 0.0695. The quantitative estimate of drug-likeness (QED) is 0.479. The van der Waals surface area contributed by atoms with Gasteiger partial charge in [0, 0.05) is 5.56 Å². The van der Waals surface area contributed by atoms with Crippen molar-refractivity contribution in [2.75, 3.05) is 5.73 Å². The van der Waals surface area contributed by atoms with Crippen LogP contribution in [0.5, 0.6) is 0 Å². The minimum absolute atomic E-state index is 0.239. The molecule has 0 saturated heterocycles. The lowest BCUT2D eigenvalue weighted by Crippen LogP contribution is -2.24. The van der Waals surface area contributed by atoms with Crippen LogP contribution in [0.1, 0.15) is 20.7 Å². The number of carboxylic acid groups (broad SMARTS) is 2. The minimum Gasteiger partial charge on any atom is -0.478 e. The van der Waals surface area contributed by atoms with E-state index in [0.717, 1.165) is 11.3 Å². The number of carbonyl (C=O) groups is 2. The Hall–Kier alpha value is -3.88. The van der Waals surface area contributed by atoms with Gasteiger partial charge in [-0.15, -0.1) is 0 Å². The average molecular weight is 340 g/mol. The van der Waals surface area contributed by atoms with Crippen LogP contribution in [-0.2, 0) is 0 Å². The van der Waals surface area contributed by atoms with Crippen LogP contribution in [0, 0.1) is 0 Å². The van der Waals surface area contributed by atoms with Gasteiger partial charge in [-0.1, -0.05) is 24.3 Å². The number of aromatic nitrogens is 3. The Bertz CT molecular complexity index is 1020. The summed E-state index contributed by atoms with van der Waals surface area (Å²) in [7, 11) is 0. The molecule has 1 aromatic carbocycles. The van der Waals surface area contributed by atoms with E-state index in [1.165, 1.54) is 18.5 Å². The van der Waals surface area contributed by atoms with Gasteiger partial charge in [0.05, 0.1) is 18.2 Å². The summed E-state index contributed by atoms with van der Waals surface area (Å²) in [6, 6.07) is 6.33. The smallest absolute Gasteiger partial charge is 0.342 e. The van der Waals surface area contributed by atoms with Crippen LogP contribution in [0.3, 0.4) is 0 Å². The molecule has 0 aliphatic heterocycles. The number of aromatic carboxylic acids is 2. The molecule has 2 heterocycles. The average Bonchev–Trinajstić information content (AvgIpc) is 3.07. The van der Waals surface area contributed by atoms with Crippen LogP contribution < -0.4 is 11.3 Å². The number of carboxylic acids is 2. The lowest BCUT2D eigenvalue weighted by atomic mass is 9.94. The standard InChI is InChI=1S/C16H12N4O5/c17-13-11(15(22)23)10(12(16(24)25)14(21)20-13)8-3-1-7(2-4-8)9-5-18-6-19-9/h1-6H,(H,18,19)(H,22,23)(H,24,25)(H3,17,20,21). The van der Waals surface area contributed by atoms with Gasteiger partial charge in [0.25, 0.3) is 5.56 Å². The second-order valence-electron chi connectivity index (χ2n) is 5.15. The van der Waals surface area contributed by atoms with E-state index in [2.05, 4.69) is 15.0 Å². The zero-order chi connectivity index (χ0) is 18.1. The molecule has 0 amide bonds. The first kappa shape index (κ1) is 16.0. The van der Waals surface area contributed by atoms with Crippen molar-refractivity contribution in [2.24, 2.45) is 0 Å². The molecule has 9 nitrogen and oxygen atoms in total. The number of H-pyrrole nitrogens is 2. The molecule has 0 unspecified atom stereocenters.